The normalized spacial score (nSPS) is 27.8. The zero-order valence-corrected chi connectivity index (χ0v) is 10.8. The minimum atomic E-state index is 0.616. The summed E-state index contributed by atoms with van der Waals surface area (Å²) < 4.78 is 0. The molecule has 2 atom stereocenters. The zero-order valence-electron chi connectivity index (χ0n) is 10.0. The van der Waals surface area contributed by atoms with Crippen molar-refractivity contribution in [2.45, 2.75) is 19.8 Å². The van der Waals surface area contributed by atoms with E-state index in [1.54, 1.807) is 0 Å². The molecule has 2 unspecified atom stereocenters. The van der Waals surface area contributed by atoms with Crippen molar-refractivity contribution in [3.8, 4) is 0 Å². The van der Waals surface area contributed by atoms with Gasteiger partial charge >= 0.3 is 0 Å². The Morgan fingerprint density at radius 2 is 2.18 bits per heavy atom. The second-order valence-electron chi connectivity index (χ2n) is 5.18. The number of nitrogens with zero attached hydrogens (tertiary/aromatic N) is 1. The van der Waals surface area contributed by atoms with E-state index in [4.69, 9.17) is 11.6 Å². The van der Waals surface area contributed by atoms with Gasteiger partial charge in [0.1, 0.15) is 5.15 Å². The molecule has 3 heteroatoms. The third-order valence-electron chi connectivity index (χ3n) is 4.01. The van der Waals surface area contributed by atoms with Gasteiger partial charge in [-0.2, -0.15) is 0 Å². The molecule has 1 aliphatic carbocycles. The summed E-state index contributed by atoms with van der Waals surface area (Å²) in [6.07, 6.45) is 6.68. The third kappa shape index (κ3) is 2.12. The monoisotopic (exact) mass is 248 g/mol. The molecule has 1 aromatic heterocycles. The summed E-state index contributed by atoms with van der Waals surface area (Å²) in [5.74, 6) is 1.66. The Hall–Kier alpha value is -0.860. The van der Waals surface area contributed by atoms with Crippen molar-refractivity contribution < 1.29 is 0 Å². The molecule has 1 N–H and O–H groups in total. The molecule has 0 radical (unpaired) electrons. The summed E-state index contributed by atoms with van der Waals surface area (Å²) in [5.41, 5.74) is 3.76. The van der Waals surface area contributed by atoms with Crippen LogP contribution in [0.25, 0.3) is 5.57 Å². The van der Waals surface area contributed by atoms with E-state index in [1.165, 1.54) is 37.1 Å². The summed E-state index contributed by atoms with van der Waals surface area (Å²) >= 11 is 5.97. The number of fused-ring (bicyclic) bond motifs is 1. The van der Waals surface area contributed by atoms with Crippen molar-refractivity contribution in [1.82, 2.24) is 10.3 Å². The first kappa shape index (κ1) is 11.2. The predicted molar refractivity (Wildman–Crippen MR) is 71.0 cm³/mol. The van der Waals surface area contributed by atoms with E-state index < -0.39 is 0 Å². The SMILES string of the molecule is Cc1cc(C2=CCC3CNCC3C2)cnc1Cl. The minimum absolute atomic E-state index is 0.616. The topological polar surface area (TPSA) is 24.9 Å². The largest absolute Gasteiger partial charge is 0.316 e. The van der Waals surface area contributed by atoms with Gasteiger partial charge in [0.25, 0.3) is 0 Å². The lowest BCUT2D eigenvalue weighted by molar-refractivity contribution is 0.418. The van der Waals surface area contributed by atoms with Gasteiger partial charge in [-0.3, -0.25) is 0 Å². The van der Waals surface area contributed by atoms with Crippen LogP contribution in [0.1, 0.15) is 24.0 Å². The first-order chi connectivity index (χ1) is 8.24. The van der Waals surface area contributed by atoms with Crippen molar-refractivity contribution in [3.05, 3.63) is 34.6 Å². The zero-order chi connectivity index (χ0) is 11.8. The van der Waals surface area contributed by atoms with Crippen LogP contribution in [0.4, 0.5) is 0 Å². The summed E-state index contributed by atoms with van der Waals surface area (Å²) in [5, 5.41) is 4.10. The Morgan fingerprint density at radius 3 is 3.00 bits per heavy atom. The van der Waals surface area contributed by atoms with E-state index >= 15 is 0 Å². The molecule has 0 saturated carbocycles. The molecule has 90 valence electrons. The second-order valence-corrected chi connectivity index (χ2v) is 5.54. The lowest BCUT2D eigenvalue weighted by Crippen LogP contribution is -2.16. The summed E-state index contributed by atoms with van der Waals surface area (Å²) in [6, 6.07) is 2.16. The molecule has 1 fully saturated rings. The van der Waals surface area contributed by atoms with Crippen LogP contribution >= 0.6 is 11.6 Å². The lowest BCUT2D eigenvalue weighted by atomic mass is 9.80. The van der Waals surface area contributed by atoms with Gasteiger partial charge in [-0.15, -0.1) is 0 Å². The number of hydrogen-bond acceptors (Lipinski definition) is 2. The maximum absolute atomic E-state index is 5.97. The summed E-state index contributed by atoms with van der Waals surface area (Å²) in [4.78, 5) is 4.25. The number of aromatic nitrogens is 1. The highest BCUT2D eigenvalue weighted by molar-refractivity contribution is 6.30. The standard InChI is InChI=1S/C14H17ClN2/c1-9-4-12(8-17-14(9)15)10-2-3-11-6-16-7-13(11)5-10/h2,4,8,11,13,16H,3,5-7H2,1H3. The van der Waals surface area contributed by atoms with E-state index in [0.717, 1.165) is 17.4 Å². The van der Waals surface area contributed by atoms with Gasteiger partial charge in [-0.05, 0) is 67.5 Å². The molecule has 0 aromatic carbocycles. The fourth-order valence-corrected chi connectivity index (χ4v) is 3.03. The van der Waals surface area contributed by atoms with Crippen LogP contribution in [0, 0.1) is 18.8 Å². The molecule has 3 rings (SSSR count). The van der Waals surface area contributed by atoms with Gasteiger partial charge in [-0.25, -0.2) is 4.98 Å². The lowest BCUT2D eigenvalue weighted by Gasteiger charge is -2.24. The molecule has 17 heavy (non-hydrogen) atoms. The van der Waals surface area contributed by atoms with Crippen LogP contribution in [0.3, 0.4) is 0 Å². The molecule has 0 bridgehead atoms. The van der Waals surface area contributed by atoms with E-state index in [0.29, 0.717) is 5.15 Å². The number of aryl methyl sites for hydroxylation is 1. The second kappa shape index (κ2) is 4.43. The van der Waals surface area contributed by atoms with E-state index in [-0.39, 0.29) is 0 Å². The number of rotatable bonds is 1. The van der Waals surface area contributed by atoms with E-state index in [2.05, 4.69) is 22.4 Å². The molecular weight excluding hydrogens is 232 g/mol. The third-order valence-corrected chi connectivity index (χ3v) is 4.41. The van der Waals surface area contributed by atoms with Crippen LogP contribution in [0.15, 0.2) is 18.3 Å². The van der Waals surface area contributed by atoms with Gasteiger partial charge in [0.2, 0.25) is 0 Å². The highest BCUT2D eigenvalue weighted by Crippen LogP contribution is 2.36. The fraction of sp³-hybridized carbons (Fsp3) is 0.500. The smallest absolute Gasteiger partial charge is 0.131 e. The summed E-state index contributed by atoms with van der Waals surface area (Å²) in [7, 11) is 0. The van der Waals surface area contributed by atoms with Crippen LogP contribution in [-0.2, 0) is 0 Å². The Morgan fingerprint density at radius 1 is 1.35 bits per heavy atom. The summed E-state index contributed by atoms with van der Waals surface area (Å²) in [6.45, 7) is 4.37. The van der Waals surface area contributed by atoms with Crippen molar-refractivity contribution in [2.75, 3.05) is 13.1 Å². The fourth-order valence-electron chi connectivity index (χ4n) is 2.93. The van der Waals surface area contributed by atoms with Crippen LogP contribution in [0.2, 0.25) is 5.15 Å². The van der Waals surface area contributed by atoms with Gasteiger partial charge in [0.15, 0.2) is 0 Å². The van der Waals surface area contributed by atoms with E-state index in [1.807, 2.05) is 13.1 Å². The van der Waals surface area contributed by atoms with Gasteiger partial charge in [-0.1, -0.05) is 17.7 Å². The van der Waals surface area contributed by atoms with Crippen LogP contribution in [0.5, 0.6) is 0 Å². The molecule has 1 aromatic rings. The number of nitrogens with one attached hydrogen (secondary N) is 1. The molecule has 1 aliphatic heterocycles. The van der Waals surface area contributed by atoms with E-state index in [9.17, 15) is 0 Å². The molecule has 2 heterocycles. The molecule has 1 saturated heterocycles. The van der Waals surface area contributed by atoms with Crippen molar-refractivity contribution in [3.63, 3.8) is 0 Å². The van der Waals surface area contributed by atoms with Gasteiger partial charge in [0.05, 0.1) is 0 Å². The average molecular weight is 249 g/mol. The molecule has 0 amide bonds. The Kier molecular flexibility index (Phi) is 2.93. The maximum atomic E-state index is 5.97. The maximum Gasteiger partial charge on any atom is 0.131 e. The first-order valence-electron chi connectivity index (χ1n) is 6.26. The molecule has 0 spiro atoms. The quantitative estimate of drug-likeness (QED) is 0.773. The number of allylic oxidation sites excluding steroid dienone is 2. The number of halogens is 1. The highest BCUT2D eigenvalue weighted by atomic mass is 35.5. The first-order valence-corrected chi connectivity index (χ1v) is 6.64. The molecule has 2 nitrogen and oxygen atoms in total. The van der Waals surface area contributed by atoms with Gasteiger partial charge in [0, 0.05) is 6.20 Å². The van der Waals surface area contributed by atoms with Crippen molar-refractivity contribution in [1.29, 1.82) is 0 Å². The Labute approximate surface area is 107 Å². The Balaban J connectivity index is 1.86. The molecular formula is C14H17ClN2. The predicted octanol–water partition coefficient (Wildman–Crippen LogP) is 3.06. The van der Waals surface area contributed by atoms with Crippen LogP contribution in [-0.4, -0.2) is 18.1 Å². The van der Waals surface area contributed by atoms with Crippen LogP contribution < -0.4 is 5.32 Å². The average Bonchev–Trinajstić information content (AvgIpc) is 2.79. The highest BCUT2D eigenvalue weighted by Gasteiger charge is 2.30. The minimum Gasteiger partial charge on any atom is -0.316 e. The molecule has 2 aliphatic rings. The van der Waals surface area contributed by atoms with Gasteiger partial charge < -0.3 is 5.32 Å². The Bertz CT molecular complexity index is 467. The van der Waals surface area contributed by atoms with Crippen molar-refractivity contribution >= 4 is 17.2 Å². The number of pyridine rings is 1. The van der Waals surface area contributed by atoms with Crippen molar-refractivity contribution in [2.24, 2.45) is 11.8 Å². The number of hydrogen-bond donors (Lipinski definition) is 1.